The molecular weight excluding hydrogens is 330 g/mol. The number of anilines is 1. The van der Waals surface area contributed by atoms with Gasteiger partial charge < -0.3 is 10.1 Å². The van der Waals surface area contributed by atoms with E-state index >= 15 is 0 Å². The zero-order chi connectivity index (χ0) is 19.0. The lowest BCUT2D eigenvalue weighted by Crippen LogP contribution is -2.30. The minimum atomic E-state index is 0.328. The molecule has 142 valence electrons. The van der Waals surface area contributed by atoms with E-state index in [1.165, 1.54) is 33.5 Å². The number of benzene rings is 2. The molecular formula is C25H31NO. The van der Waals surface area contributed by atoms with Crippen molar-refractivity contribution in [1.29, 1.82) is 0 Å². The van der Waals surface area contributed by atoms with Gasteiger partial charge in [-0.1, -0.05) is 55.3 Å². The van der Waals surface area contributed by atoms with Gasteiger partial charge in [0.2, 0.25) is 0 Å². The van der Waals surface area contributed by atoms with Crippen LogP contribution in [0.25, 0.3) is 0 Å². The summed E-state index contributed by atoms with van der Waals surface area (Å²) in [5.74, 6) is 2.05. The van der Waals surface area contributed by atoms with E-state index in [0.29, 0.717) is 17.9 Å². The van der Waals surface area contributed by atoms with Crippen molar-refractivity contribution in [3.05, 3.63) is 70.3 Å². The van der Waals surface area contributed by atoms with Crippen LogP contribution in [0.5, 0.6) is 5.75 Å². The second-order valence-corrected chi connectivity index (χ2v) is 8.21. The summed E-state index contributed by atoms with van der Waals surface area (Å²) in [5.41, 5.74) is 8.18. The Labute approximate surface area is 163 Å². The lowest BCUT2D eigenvalue weighted by atomic mass is 9.75. The molecule has 1 N–H and O–H groups in total. The van der Waals surface area contributed by atoms with Crippen LogP contribution in [-0.2, 0) is 0 Å². The van der Waals surface area contributed by atoms with Crippen LogP contribution in [0.3, 0.4) is 0 Å². The number of unbranched alkanes of at least 4 members (excludes halogenated alkanes) is 1. The Kier molecular flexibility index (Phi) is 4.99. The quantitative estimate of drug-likeness (QED) is 0.477. The van der Waals surface area contributed by atoms with Gasteiger partial charge in [-0.15, -0.1) is 0 Å². The molecule has 1 aliphatic carbocycles. The average molecular weight is 362 g/mol. The Morgan fingerprint density at radius 1 is 1.11 bits per heavy atom. The summed E-state index contributed by atoms with van der Waals surface area (Å²) in [5, 5.41) is 3.92. The minimum absolute atomic E-state index is 0.328. The van der Waals surface area contributed by atoms with Crippen LogP contribution in [0.4, 0.5) is 5.69 Å². The van der Waals surface area contributed by atoms with Crippen molar-refractivity contribution in [3.63, 3.8) is 0 Å². The first-order chi connectivity index (χ1) is 13.1. The molecule has 2 heteroatoms. The van der Waals surface area contributed by atoms with Crippen molar-refractivity contribution in [2.24, 2.45) is 5.92 Å². The molecule has 0 fully saturated rings. The lowest BCUT2D eigenvalue weighted by molar-refractivity contribution is 0.307. The van der Waals surface area contributed by atoms with Gasteiger partial charge in [0, 0.05) is 5.92 Å². The Hall–Kier alpha value is -2.22. The Morgan fingerprint density at radius 3 is 2.63 bits per heavy atom. The van der Waals surface area contributed by atoms with Gasteiger partial charge in [0.05, 0.1) is 18.3 Å². The fraction of sp³-hybridized carbons (Fsp3) is 0.440. The molecule has 1 aliphatic heterocycles. The van der Waals surface area contributed by atoms with E-state index in [1.807, 2.05) is 0 Å². The van der Waals surface area contributed by atoms with Crippen molar-refractivity contribution < 1.29 is 4.74 Å². The number of nitrogens with one attached hydrogen (secondary N) is 1. The highest BCUT2D eigenvalue weighted by molar-refractivity contribution is 5.68. The van der Waals surface area contributed by atoms with Crippen LogP contribution < -0.4 is 10.1 Å². The van der Waals surface area contributed by atoms with Gasteiger partial charge in [0.1, 0.15) is 5.75 Å². The number of hydrogen-bond acceptors (Lipinski definition) is 2. The highest BCUT2D eigenvalue weighted by atomic mass is 16.5. The predicted octanol–water partition coefficient (Wildman–Crippen LogP) is 6.62. The SMILES string of the molecule is CCCCOc1cccc2c1NC(c1c(C)cc(C)cc1C)C1CC=CC21. The number of allylic oxidation sites excluding steroid dienone is 2. The van der Waals surface area contributed by atoms with E-state index in [-0.39, 0.29) is 0 Å². The molecule has 0 saturated carbocycles. The van der Waals surface area contributed by atoms with E-state index in [4.69, 9.17) is 4.74 Å². The summed E-state index contributed by atoms with van der Waals surface area (Å²) in [6, 6.07) is 11.5. The van der Waals surface area contributed by atoms with E-state index in [0.717, 1.165) is 31.6 Å². The number of aryl methyl sites for hydroxylation is 3. The maximum absolute atomic E-state index is 6.17. The van der Waals surface area contributed by atoms with Crippen molar-refractivity contribution in [2.75, 3.05) is 11.9 Å². The smallest absolute Gasteiger partial charge is 0.142 e. The third kappa shape index (κ3) is 3.26. The fourth-order valence-electron chi connectivity index (χ4n) is 5.01. The molecule has 0 saturated heterocycles. The van der Waals surface area contributed by atoms with E-state index in [2.05, 4.69) is 75.5 Å². The highest BCUT2D eigenvalue weighted by Gasteiger charge is 2.39. The molecule has 2 nitrogen and oxygen atoms in total. The Morgan fingerprint density at radius 2 is 1.89 bits per heavy atom. The Bertz CT molecular complexity index is 844. The standard InChI is InChI=1S/C25H31NO/c1-5-6-13-27-22-12-8-11-20-19-9-7-10-21(19)25(26-24(20)22)23-17(3)14-16(2)15-18(23)4/h7-9,11-12,14-15,19,21,25-26H,5-6,10,13H2,1-4H3. The number of ether oxygens (including phenoxy) is 1. The summed E-state index contributed by atoms with van der Waals surface area (Å²) in [6.45, 7) is 9.69. The number of rotatable bonds is 5. The van der Waals surface area contributed by atoms with Gasteiger partial charge in [0.15, 0.2) is 0 Å². The minimum Gasteiger partial charge on any atom is -0.491 e. The second kappa shape index (κ2) is 7.42. The monoisotopic (exact) mass is 361 g/mol. The molecule has 0 aromatic heterocycles. The van der Waals surface area contributed by atoms with E-state index < -0.39 is 0 Å². The summed E-state index contributed by atoms with van der Waals surface area (Å²) in [6.07, 6.45) is 8.15. The van der Waals surface area contributed by atoms with Crippen LogP contribution in [0.15, 0.2) is 42.5 Å². The summed E-state index contributed by atoms with van der Waals surface area (Å²) >= 11 is 0. The molecule has 0 radical (unpaired) electrons. The first-order valence-corrected chi connectivity index (χ1v) is 10.4. The third-order valence-corrected chi connectivity index (χ3v) is 6.16. The van der Waals surface area contributed by atoms with Crippen LogP contribution in [-0.4, -0.2) is 6.61 Å². The topological polar surface area (TPSA) is 21.3 Å². The molecule has 2 aromatic carbocycles. The van der Waals surface area contributed by atoms with Crippen molar-refractivity contribution in [3.8, 4) is 5.75 Å². The Balaban J connectivity index is 1.76. The van der Waals surface area contributed by atoms with Crippen LogP contribution in [0.2, 0.25) is 0 Å². The summed E-state index contributed by atoms with van der Waals surface area (Å²) < 4.78 is 6.17. The van der Waals surface area contributed by atoms with Gasteiger partial charge in [0.25, 0.3) is 0 Å². The predicted molar refractivity (Wildman–Crippen MR) is 114 cm³/mol. The summed E-state index contributed by atoms with van der Waals surface area (Å²) in [4.78, 5) is 0. The van der Waals surface area contributed by atoms with Gasteiger partial charge in [-0.25, -0.2) is 0 Å². The second-order valence-electron chi connectivity index (χ2n) is 8.21. The van der Waals surface area contributed by atoms with Gasteiger partial charge in [-0.3, -0.25) is 0 Å². The van der Waals surface area contributed by atoms with Gasteiger partial charge in [-0.2, -0.15) is 0 Å². The fourth-order valence-corrected chi connectivity index (χ4v) is 5.01. The van der Waals surface area contributed by atoms with Gasteiger partial charge in [-0.05, 0) is 67.9 Å². The molecule has 4 rings (SSSR count). The number of fused-ring (bicyclic) bond motifs is 3. The lowest BCUT2D eigenvalue weighted by Gasteiger charge is -2.39. The average Bonchev–Trinajstić information content (AvgIpc) is 3.11. The van der Waals surface area contributed by atoms with Crippen LogP contribution >= 0.6 is 0 Å². The maximum atomic E-state index is 6.17. The molecule has 2 aromatic rings. The summed E-state index contributed by atoms with van der Waals surface area (Å²) in [7, 11) is 0. The largest absolute Gasteiger partial charge is 0.491 e. The van der Waals surface area contributed by atoms with Crippen LogP contribution in [0.1, 0.15) is 66.0 Å². The maximum Gasteiger partial charge on any atom is 0.142 e. The van der Waals surface area contributed by atoms with Crippen molar-refractivity contribution in [2.45, 2.75) is 58.9 Å². The molecule has 2 aliphatic rings. The zero-order valence-corrected chi connectivity index (χ0v) is 17.0. The molecule has 0 amide bonds. The van der Waals surface area contributed by atoms with Crippen LogP contribution in [0, 0.1) is 26.7 Å². The molecule has 0 bridgehead atoms. The van der Waals surface area contributed by atoms with E-state index in [1.54, 1.807) is 0 Å². The third-order valence-electron chi connectivity index (χ3n) is 6.16. The molecule has 27 heavy (non-hydrogen) atoms. The van der Waals surface area contributed by atoms with E-state index in [9.17, 15) is 0 Å². The highest BCUT2D eigenvalue weighted by Crippen LogP contribution is 2.53. The number of hydrogen-bond donors (Lipinski definition) is 1. The van der Waals surface area contributed by atoms with Crippen molar-refractivity contribution >= 4 is 5.69 Å². The first kappa shape index (κ1) is 18.2. The van der Waals surface area contributed by atoms with Gasteiger partial charge >= 0.3 is 0 Å². The molecule has 0 spiro atoms. The zero-order valence-electron chi connectivity index (χ0n) is 17.0. The first-order valence-electron chi connectivity index (χ1n) is 10.4. The van der Waals surface area contributed by atoms with Crippen molar-refractivity contribution in [1.82, 2.24) is 0 Å². The molecule has 3 atom stereocenters. The molecule has 1 heterocycles. The molecule has 3 unspecified atom stereocenters. The number of para-hydroxylation sites is 1. The normalized spacial score (nSPS) is 22.9.